The Morgan fingerprint density at radius 3 is 2.76 bits per heavy atom. The van der Waals surface area contributed by atoms with Gasteiger partial charge < -0.3 is 15.7 Å². The number of phenolic OH excluding ortho intramolecular Hbond substituents is 1. The smallest absolute Gasteiger partial charge is 0.253 e. The summed E-state index contributed by atoms with van der Waals surface area (Å²) in [6, 6.07) is 6.18. The number of amides is 1. The van der Waals surface area contributed by atoms with Crippen molar-refractivity contribution in [1.29, 1.82) is 0 Å². The van der Waals surface area contributed by atoms with Crippen LogP contribution in [0.15, 0.2) is 24.3 Å². The Bertz CT molecular complexity index is 434. The molecule has 4 nitrogen and oxygen atoms in total. The van der Waals surface area contributed by atoms with E-state index in [2.05, 4.69) is 0 Å². The van der Waals surface area contributed by atoms with Gasteiger partial charge in [0.1, 0.15) is 5.75 Å². The molecule has 0 saturated carbocycles. The van der Waals surface area contributed by atoms with Crippen LogP contribution in [0.3, 0.4) is 0 Å². The summed E-state index contributed by atoms with van der Waals surface area (Å²) in [5.74, 6) is -0.0871. The minimum atomic E-state index is -0.162. The van der Waals surface area contributed by atoms with Gasteiger partial charge in [0, 0.05) is 25.1 Å². The first kappa shape index (κ1) is 13.4. The van der Waals surface area contributed by atoms with Crippen molar-refractivity contribution in [2.75, 3.05) is 7.05 Å². The highest BCUT2D eigenvalue weighted by atomic mass is 32.1. The summed E-state index contributed by atoms with van der Waals surface area (Å²) >= 11 is 4.81. The monoisotopic (exact) mass is 252 g/mol. The van der Waals surface area contributed by atoms with E-state index in [0.717, 1.165) is 0 Å². The molecule has 0 heterocycles. The molecule has 0 aliphatic rings. The number of phenols is 1. The van der Waals surface area contributed by atoms with Crippen LogP contribution in [0.4, 0.5) is 0 Å². The molecule has 1 amide bonds. The zero-order chi connectivity index (χ0) is 13.0. The second-order valence-corrected chi connectivity index (χ2v) is 4.51. The van der Waals surface area contributed by atoms with E-state index in [9.17, 15) is 9.90 Å². The first-order valence-electron chi connectivity index (χ1n) is 5.26. The van der Waals surface area contributed by atoms with Gasteiger partial charge in [0.25, 0.3) is 5.91 Å². The number of aromatic hydroxyl groups is 1. The standard InChI is InChI=1S/C12H16N2O2S/c1-8(6-11(13)17)14(2)12(16)9-4-3-5-10(15)7-9/h3-5,7-8,15H,6H2,1-2H3,(H2,13,17). The molecule has 0 bridgehead atoms. The van der Waals surface area contributed by atoms with Gasteiger partial charge in [0.05, 0.1) is 4.99 Å². The van der Waals surface area contributed by atoms with E-state index in [0.29, 0.717) is 17.0 Å². The Labute approximate surface area is 106 Å². The molecular weight excluding hydrogens is 236 g/mol. The number of nitrogens with zero attached hydrogens (tertiary/aromatic N) is 1. The number of hydrogen-bond acceptors (Lipinski definition) is 3. The first-order chi connectivity index (χ1) is 7.91. The number of nitrogens with two attached hydrogens (primary N) is 1. The lowest BCUT2D eigenvalue weighted by molar-refractivity contribution is 0.0747. The maximum Gasteiger partial charge on any atom is 0.253 e. The number of thiocarbonyl (C=S) groups is 1. The minimum absolute atomic E-state index is 0.0673. The molecule has 5 heteroatoms. The van der Waals surface area contributed by atoms with E-state index in [1.165, 1.54) is 12.1 Å². The summed E-state index contributed by atoms with van der Waals surface area (Å²) in [6.45, 7) is 1.87. The Hall–Kier alpha value is -1.62. The molecule has 0 spiro atoms. The van der Waals surface area contributed by atoms with Crippen LogP contribution in [0.5, 0.6) is 5.75 Å². The largest absolute Gasteiger partial charge is 0.508 e. The maximum atomic E-state index is 12.1. The van der Waals surface area contributed by atoms with Gasteiger partial charge in [-0.3, -0.25) is 4.79 Å². The molecule has 1 aromatic rings. The Kier molecular flexibility index (Phi) is 4.45. The van der Waals surface area contributed by atoms with Crippen molar-refractivity contribution < 1.29 is 9.90 Å². The molecule has 0 saturated heterocycles. The Morgan fingerprint density at radius 2 is 2.24 bits per heavy atom. The molecule has 0 fully saturated rings. The molecule has 0 aliphatic carbocycles. The summed E-state index contributed by atoms with van der Waals surface area (Å²) in [6.07, 6.45) is 0.483. The SMILES string of the molecule is CC(CC(N)=S)N(C)C(=O)c1cccc(O)c1. The lowest BCUT2D eigenvalue weighted by atomic mass is 10.1. The Morgan fingerprint density at radius 1 is 1.59 bits per heavy atom. The van der Waals surface area contributed by atoms with Crippen LogP contribution in [-0.2, 0) is 0 Å². The van der Waals surface area contributed by atoms with Gasteiger partial charge in [-0.2, -0.15) is 0 Å². The quantitative estimate of drug-likeness (QED) is 0.797. The fraction of sp³-hybridized carbons (Fsp3) is 0.333. The third-order valence-corrected chi connectivity index (χ3v) is 2.74. The highest BCUT2D eigenvalue weighted by molar-refractivity contribution is 7.80. The van der Waals surface area contributed by atoms with E-state index in [4.69, 9.17) is 18.0 Å². The van der Waals surface area contributed by atoms with Gasteiger partial charge in [-0.05, 0) is 25.1 Å². The van der Waals surface area contributed by atoms with Crippen LogP contribution in [0.25, 0.3) is 0 Å². The van der Waals surface area contributed by atoms with E-state index in [1.54, 1.807) is 24.1 Å². The normalized spacial score (nSPS) is 11.9. The number of carbonyl (C=O) groups excluding carboxylic acids is 1. The average Bonchev–Trinajstić information content (AvgIpc) is 2.26. The predicted molar refractivity (Wildman–Crippen MR) is 71.1 cm³/mol. The first-order valence-corrected chi connectivity index (χ1v) is 5.67. The van der Waals surface area contributed by atoms with Crippen LogP contribution < -0.4 is 5.73 Å². The van der Waals surface area contributed by atoms with Crippen molar-refractivity contribution >= 4 is 23.1 Å². The topological polar surface area (TPSA) is 66.6 Å². The number of carbonyl (C=O) groups is 1. The van der Waals surface area contributed by atoms with Gasteiger partial charge >= 0.3 is 0 Å². The van der Waals surface area contributed by atoms with Crippen molar-refractivity contribution in [1.82, 2.24) is 4.90 Å². The second kappa shape index (κ2) is 5.63. The summed E-state index contributed by atoms with van der Waals surface area (Å²) in [5.41, 5.74) is 5.89. The number of hydrogen-bond donors (Lipinski definition) is 2. The lowest BCUT2D eigenvalue weighted by Gasteiger charge is -2.24. The molecule has 1 aromatic carbocycles. The van der Waals surface area contributed by atoms with Gasteiger partial charge in [0.2, 0.25) is 0 Å². The minimum Gasteiger partial charge on any atom is -0.508 e. The molecule has 1 unspecified atom stereocenters. The molecule has 0 radical (unpaired) electrons. The van der Waals surface area contributed by atoms with E-state index in [1.807, 2.05) is 6.92 Å². The summed E-state index contributed by atoms with van der Waals surface area (Å²) in [4.78, 5) is 14.0. The summed E-state index contributed by atoms with van der Waals surface area (Å²) in [5, 5.41) is 9.32. The van der Waals surface area contributed by atoms with Gasteiger partial charge in [-0.15, -0.1) is 0 Å². The molecule has 0 aromatic heterocycles. The van der Waals surface area contributed by atoms with E-state index in [-0.39, 0.29) is 17.7 Å². The zero-order valence-electron chi connectivity index (χ0n) is 9.88. The van der Waals surface area contributed by atoms with Gasteiger partial charge in [-0.25, -0.2) is 0 Å². The molecule has 1 rings (SSSR count). The third-order valence-electron chi connectivity index (χ3n) is 2.57. The summed E-state index contributed by atoms with van der Waals surface area (Å²) in [7, 11) is 1.69. The molecular formula is C12H16N2O2S. The maximum absolute atomic E-state index is 12.1. The van der Waals surface area contributed by atoms with Crippen LogP contribution in [-0.4, -0.2) is 34.0 Å². The van der Waals surface area contributed by atoms with Crippen molar-refractivity contribution in [2.24, 2.45) is 5.73 Å². The fourth-order valence-corrected chi connectivity index (χ4v) is 1.71. The zero-order valence-corrected chi connectivity index (χ0v) is 10.7. The predicted octanol–water partition coefficient (Wildman–Crippen LogP) is 1.53. The van der Waals surface area contributed by atoms with Crippen molar-refractivity contribution in [3.05, 3.63) is 29.8 Å². The van der Waals surface area contributed by atoms with E-state index >= 15 is 0 Å². The highest BCUT2D eigenvalue weighted by Gasteiger charge is 2.18. The van der Waals surface area contributed by atoms with Gasteiger partial charge in [0.15, 0.2) is 0 Å². The van der Waals surface area contributed by atoms with Crippen molar-refractivity contribution in [3.63, 3.8) is 0 Å². The van der Waals surface area contributed by atoms with Crippen LogP contribution >= 0.6 is 12.2 Å². The van der Waals surface area contributed by atoms with E-state index < -0.39 is 0 Å². The average molecular weight is 252 g/mol. The number of benzene rings is 1. The molecule has 17 heavy (non-hydrogen) atoms. The third kappa shape index (κ3) is 3.71. The van der Waals surface area contributed by atoms with Gasteiger partial charge in [-0.1, -0.05) is 18.3 Å². The molecule has 92 valence electrons. The lowest BCUT2D eigenvalue weighted by Crippen LogP contribution is -2.37. The molecule has 1 atom stereocenters. The van der Waals surface area contributed by atoms with Crippen molar-refractivity contribution in [2.45, 2.75) is 19.4 Å². The fourth-order valence-electron chi connectivity index (χ4n) is 1.47. The molecule has 3 N–H and O–H groups in total. The number of rotatable bonds is 4. The van der Waals surface area contributed by atoms with Crippen LogP contribution in [0.1, 0.15) is 23.7 Å². The van der Waals surface area contributed by atoms with Crippen LogP contribution in [0, 0.1) is 0 Å². The molecule has 0 aliphatic heterocycles. The van der Waals surface area contributed by atoms with Crippen LogP contribution in [0.2, 0.25) is 0 Å². The summed E-state index contributed by atoms with van der Waals surface area (Å²) < 4.78 is 0. The second-order valence-electron chi connectivity index (χ2n) is 3.99. The highest BCUT2D eigenvalue weighted by Crippen LogP contribution is 2.14. The van der Waals surface area contributed by atoms with Crippen molar-refractivity contribution in [3.8, 4) is 5.75 Å². The Balaban J connectivity index is 2.79.